The van der Waals surface area contributed by atoms with Gasteiger partial charge >= 0.3 is 0 Å². The van der Waals surface area contributed by atoms with Crippen molar-refractivity contribution in [1.29, 1.82) is 0 Å². The van der Waals surface area contributed by atoms with Crippen molar-refractivity contribution in [3.63, 3.8) is 0 Å². The first-order chi connectivity index (χ1) is 15.5. The summed E-state index contributed by atoms with van der Waals surface area (Å²) in [5.41, 5.74) is 1.76. The highest BCUT2D eigenvalue weighted by molar-refractivity contribution is 5.99. The van der Waals surface area contributed by atoms with Gasteiger partial charge in [0, 0.05) is 43.1 Å². The van der Waals surface area contributed by atoms with Crippen LogP contribution in [0.15, 0.2) is 47.3 Å². The van der Waals surface area contributed by atoms with Gasteiger partial charge in [-0.2, -0.15) is 0 Å². The molecule has 7 heteroatoms. The molecule has 3 heterocycles. The highest BCUT2D eigenvalue weighted by Crippen LogP contribution is 2.25. The third-order valence-corrected chi connectivity index (χ3v) is 6.59. The number of likely N-dealkylation sites (tertiary alicyclic amines) is 1. The normalized spacial score (nSPS) is 16.2. The largest absolute Gasteiger partial charge is 0.497 e. The molecule has 0 aliphatic carbocycles. The first-order valence-corrected chi connectivity index (χ1v) is 11.1. The number of ether oxygens (including phenoxy) is 1. The Morgan fingerprint density at radius 3 is 2.44 bits per heavy atom. The Bertz CT molecular complexity index is 1250. The maximum atomic E-state index is 13.1. The Kier molecular flexibility index (Phi) is 5.25. The SMILES string of the molecule is COc1ccc(C(=O)C2CCN(C(=O)c3ccc4c(=O)n5c(nc4c3)CCC5)CC2)cc1. The number of amides is 1. The minimum atomic E-state index is -0.0895. The Labute approximate surface area is 185 Å². The van der Waals surface area contributed by atoms with E-state index >= 15 is 0 Å². The van der Waals surface area contributed by atoms with E-state index in [1.807, 2.05) is 0 Å². The summed E-state index contributed by atoms with van der Waals surface area (Å²) in [6, 6.07) is 12.3. The second kappa shape index (κ2) is 8.22. The fourth-order valence-electron chi connectivity index (χ4n) is 4.74. The Morgan fingerprint density at radius 2 is 1.72 bits per heavy atom. The lowest BCUT2D eigenvalue weighted by atomic mass is 9.88. The molecule has 2 aromatic carbocycles. The van der Waals surface area contributed by atoms with Gasteiger partial charge < -0.3 is 9.64 Å². The van der Waals surface area contributed by atoms with Gasteiger partial charge in [0.1, 0.15) is 11.6 Å². The summed E-state index contributed by atoms with van der Waals surface area (Å²) in [5.74, 6) is 1.46. The number of rotatable bonds is 4. The molecule has 1 fully saturated rings. The molecule has 0 bridgehead atoms. The van der Waals surface area contributed by atoms with Gasteiger partial charge in [-0.25, -0.2) is 4.98 Å². The topological polar surface area (TPSA) is 81.5 Å². The fraction of sp³-hybridized carbons (Fsp3) is 0.360. The van der Waals surface area contributed by atoms with Crippen molar-refractivity contribution in [1.82, 2.24) is 14.5 Å². The van der Waals surface area contributed by atoms with Gasteiger partial charge in [-0.05, 0) is 61.7 Å². The van der Waals surface area contributed by atoms with Gasteiger partial charge in [0.15, 0.2) is 5.78 Å². The molecule has 1 amide bonds. The first kappa shape index (κ1) is 20.4. The molecule has 32 heavy (non-hydrogen) atoms. The van der Waals surface area contributed by atoms with Crippen molar-refractivity contribution in [3.8, 4) is 5.75 Å². The van der Waals surface area contributed by atoms with Crippen molar-refractivity contribution in [2.24, 2.45) is 5.92 Å². The zero-order valence-electron chi connectivity index (χ0n) is 18.0. The predicted octanol–water partition coefficient (Wildman–Crippen LogP) is 3.09. The Balaban J connectivity index is 1.29. The van der Waals surface area contributed by atoms with Gasteiger partial charge in [0.05, 0.1) is 18.0 Å². The van der Waals surface area contributed by atoms with Crippen LogP contribution in [0, 0.1) is 5.92 Å². The van der Waals surface area contributed by atoms with E-state index < -0.39 is 0 Å². The van der Waals surface area contributed by atoms with Crippen molar-refractivity contribution >= 4 is 22.6 Å². The van der Waals surface area contributed by atoms with Gasteiger partial charge in [0.25, 0.3) is 11.5 Å². The van der Waals surface area contributed by atoms with Crippen molar-refractivity contribution in [3.05, 3.63) is 69.8 Å². The van der Waals surface area contributed by atoms with Crippen molar-refractivity contribution in [2.75, 3.05) is 20.2 Å². The van der Waals surface area contributed by atoms with Crippen molar-refractivity contribution < 1.29 is 14.3 Å². The predicted molar refractivity (Wildman–Crippen MR) is 120 cm³/mol. The van der Waals surface area contributed by atoms with Crippen LogP contribution in [-0.4, -0.2) is 46.3 Å². The minimum Gasteiger partial charge on any atom is -0.497 e. The van der Waals surface area contributed by atoms with Gasteiger partial charge in [-0.15, -0.1) is 0 Å². The van der Waals surface area contributed by atoms with Gasteiger partial charge in [-0.1, -0.05) is 0 Å². The second-order valence-corrected chi connectivity index (χ2v) is 8.48. The smallest absolute Gasteiger partial charge is 0.261 e. The number of carbonyl (C=O) groups is 2. The quantitative estimate of drug-likeness (QED) is 0.593. The maximum absolute atomic E-state index is 13.1. The average molecular weight is 431 g/mol. The molecule has 0 atom stereocenters. The van der Waals surface area contributed by atoms with E-state index in [0.29, 0.717) is 54.5 Å². The number of carbonyl (C=O) groups excluding carboxylic acids is 2. The number of aromatic nitrogens is 2. The van der Waals surface area contributed by atoms with E-state index in [1.165, 1.54) is 0 Å². The third-order valence-electron chi connectivity index (χ3n) is 6.59. The maximum Gasteiger partial charge on any atom is 0.261 e. The van der Waals surface area contributed by atoms with E-state index in [9.17, 15) is 14.4 Å². The second-order valence-electron chi connectivity index (χ2n) is 8.48. The Morgan fingerprint density at radius 1 is 1.00 bits per heavy atom. The minimum absolute atomic E-state index is 0.0284. The number of ketones is 1. The standard InChI is InChI=1S/C25H25N3O4/c1-32-19-7-4-16(5-8-19)23(29)17-10-13-27(14-11-17)24(30)18-6-9-20-21(15-18)26-22-3-2-12-28(22)25(20)31/h4-9,15,17H,2-3,10-14H2,1H3. The zero-order chi connectivity index (χ0) is 22.2. The van der Waals surface area contributed by atoms with Crippen LogP contribution >= 0.6 is 0 Å². The molecule has 1 saturated heterocycles. The lowest BCUT2D eigenvalue weighted by Crippen LogP contribution is -2.40. The lowest BCUT2D eigenvalue weighted by Gasteiger charge is -2.31. The Hall–Kier alpha value is -3.48. The number of hydrogen-bond acceptors (Lipinski definition) is 5. The molecule has 3 aromatic rings. The highest BCUT2D eigenvalue weighted by atomic mass is 16.5. The van der Waals surface area contributed by atoms with Crippen LogP contribution in [0.3, 0.4) is 0 Å². The number of piperidine rings is 1. The summed E-state index contributed by atoms with van der Waals surface area (Å²) in [6.07, 6.45) is 2.99. The molecule has 0 saturated carbocycles. The van der Waals surface area contributed by atoms with Crippen LogP contribution in [0.25, 0.3) is 10.9 Å². The monoisotopic (exact) mass is 431 g/mol. The number of benzene rings is 2. The van der Waals surface area contributed by atoms with Crippen molar-refractivity contribution in [2.45, 2.75) is 32.2 Å². The van der Waals surface area contributed by atoms with E-state index in [1.54, 1.807) is 59.0 Å². The molecule has 5 rings (SSSR count). The van der Waals surface area contributed by atoms with E-state index in [4.69, 9.17) is 4.74 Å². The highest BCUT2D eigenvalue weighted by Gasteiger charge is 2.29. The molecular formula is C25H25N3O4. The summed E-state index contributed by atoms with van der Waals surface area (Å²) in [5, 5.41) is 0.552. The number of nitrogens with zero attached hydrogens (tertiary/aromatic N) is 3. The molecular weight excluding hydrogens is 406 g/mol. The fourth-order valence-corrected chi connectivity index (χ4v) is 4.74. The molecule has 0 unspecified atom stereocenters. The van der Waals surface area contributed by atoms with Crippen LogP contribution in [0.5, 0.6) is 5.75 Å². The number of hydrogen-bond donors (Lipinski definition) is 0. The summed E-state index contributed by atoms with van der Waals surface area (Å²) in [4.78, 5) is 45.0. The third kappa shape index (κ3) is 3.57. The first-order valence-electron chi connectivity index (χ1n) is 11.1. The molecule has 2 aliphatic rings. The van der Waals surface area contributed by atoms with Crippen LogP contribution in [0.2, 0.25) is 0 Å². The van der Waals surface area contributed by atoms with Crippen LogP contribution < -0.4 is 10.3 Å². The van der Waals surface area contributed by atoms with Gasteiger partial charge in [0.2, 0.25) is 0 Å². The van der Waals surface area contributed by atoms with Crippen LogP contribution in [0.1, 0.15) is 45.8 Å². The van der Waals surface area contributed by atoms with Gasteiger partial charge in [-0.3, -0.25) is 19.0 Å². The number of aryl methyl sites for hydroxylation is 1. The summed E-state index contributed by atoms with van der Waals surface area (Å²) >= 11 is 0. The van der Waals surface area contributed by atoms with Crippen LogP contribution in [-0.2, 0) is 13.0 Å². The number of methoxy groups -OCH3 is 1. The summed E-state index contributed by atoms with van der Waals surface area (Å²) in [7, 11) is 1.60. The lowest BCUT2D eigenvalue weighted by molar-refractivity contribution is 0.0650. The summed E-state index contributed by atoms with van der Waals surface area (Å²) < 4.78 is 6.88. The number of Topliss-reactive ketones (excluding diaryl/α,β-unsaturated/α-hetero) is 1. The van der Waals surface area contributed by atoms with E-state index in [0.717, 1.165) is 24.4 Å². The average Bonchev–Trinajstić information content (AvgIpc) is 3.32. The molecule has 0 radical (unpaired) electrons. The van der Waals surface area contributed by atoms with E-state index in [-0.39, 0.29) is 23.2 Å². The summed E-state index contributed by atoms with van der Waals surface area (Å²) in [6.45, 7) is 1.77. The zero-order valence-corrected chi connectivity index (χ0v) is 18.0. The molecule has 0 N–H and O–H groups in total. The van der Waals surface area contributed by atoms with Crippen LogP contribution in [0.4, 0.5) is 0 Å². The molecule has 1 aromatic heterocycles. The molecule has 2 aliphatic heterocycles. The molecule has 0 spiro atoms. The van der Waals surface area contributed by atoms with E-state index in [2.05, 4.69) is 4.98 Å². The molecule has 164 valence electrons. The number of fused-ring (bicyclic) bond motifs is 2. The molecule has 7 nitrogen and oxygen atoms in total.